The van der Waals surface area contributed by atoms with Crippen LogP contribution in [0.2, 0.25) is 0 Å². The molecule has 2 saturated heterocycles. The lowest BCUT2D eigenvalue weighted by atomic mass is 9.76. The molecule has 7 heteroatoms. The normalized spacial score (nSPS) is 28.9. The molecule has 4 rings (SSSR count). The molecule has 3 aliphatic rings. The molecule has 1 saturated carbocycles. The SMILES string of the molecule is Cc1noc(C)c1C(=O)N1CC[C@@]2(CCC[C@@H]2C(=O)N2CCOCC2)C1. The highest BCUT2D eigenvalue weighted by Gasteiger charge is 2.52. The summed E-state index contributed by atoms with van der Waals surface area (Å²) in [4.78, 5) is 30.0. The number of carbonyl (C=O) groups excluding carboxylic acids is 2. The summed E-state index contributed by atoms with van der Waals surface area (Å²) in [5.74, 6) is 0.851. The zero-order chi connectivity index (χ0) is 18.3. The fraction of sp³-hybridized carbons (Fsp3) is 0.737. The van der Waals surface area contributed by atoms with Gasteiger partial charge in [0.1, 0.15) is 11.3 Å². The van der Waals surface area contributed by atoms with Gasteiger partial charge >= 0.3 is 0 Å². The zero-order valence-corrected chi connectivity index (χ0v) is 15.6. The van der Waals surface area contributed by atoms with Gasteiger partial charge in [-0.2, -0.15) is 0 Å². The van der Waals surface area contributed by atoms with Crippen molar-refractivity contribution in [1.29, 1.82) is 0 Å². The lowest BCUT2D eigenvalue weighted by Crippen LogP contribution is -2.47. The van der Waals surface area contributed by atoms with Crippen molar-refractivity contribution in [3.8, 4) is 0 Å². The Labute approximate surface area is 153 Å². The number of morpholine rings is 1. The summed E-state index contributed by atoms with van der Waals surface area (Å²) in [5, 5.41) is 3.91. The van der Waals surface area contributed by atoms with Gasteiger partial charge in [-0.25, -0.2) is 0 Å². The minimum absolute atomic E-state index is 0.0115. The molecule has 3 fully saturated rings. The number of hydrogen-bond acceptors (Lipinski definition) is 5. The van der Waals surface area contributed by atoms with Crippen molar-refractivity contribution in [3.05, 3.63) is 17.0 Å². The molecule has 2 aliphatic heterocycles. The van der Waals surface area contributed by atoms with Gasteiger partial charge in [0.05, 0.1) is 18.9 Å². The Morgan fingerprint density at radius 2 is 1.88 bits per heavy atom. The first-order chi connectivity index (χ1) is 12.5. The maximum atomic E-state index is 13.1. The van der Waals surface area contributed by atoms with Crippen LogP contribution in [-0.4, -0.2) is 66.2 Å². The molecule has 26 heavy (non-hydrogen) atoms. The largest absolute Gasteiger partial charge is 0.378 e. The number of carbonyl (C=O) groups is 2. The van der Waals surface area contributed by atoms with Crippen LogP contribution >= 0.6 is 0 Å². The van der Waals surface area contributed by atoms with Gasteiger partial charge in [-0.1, -0.05) is 11.6 Å². The molecule has 3 heterocycles. The highest BCUT2D eigenvalue weighted by atomic mass is 16.5. The molecular formula is C19H27N3O4. The molecule has 0 bridgehead atoms. The molecule has 0 aromatic carbocycles. The number of likely N-dealkylation sites (tertiary alicyclic amines) is 1. The smallest absolute Gasteiger partial charge is 0.259 e. The van der Waals surface area contributed by atoms with Crippen LogP contribution in [0, 0.1) is 25.2 Å². The Hall–Kier alpha value is -1.89. The van der Waals surface area contributed by atoms with Gasteiger partial charge in [0.15, 0.2) is 0 Å². The van der Waals surface area contributed by atoms with Gasteiger partial charge in [-0.05, 0) is 33.1 Å². The maximum Gasteiger partial charge on any atom is 0.259 e. The average Bonchev–Trinajstić information content (AvgIpc) is 3.35. The summed E-state index contributed by atoms with van der Waals surface area (Å²) >= 11 is 0. The molecule has 142 valence electrons. The summed E-state index contributed by atoms with van der Waals surface area (Å²) in [6, 6.07) is 0. The molecule has 2 amide bonds. The Morgan fingerprint density at radius 1 is 1.12 bits per heavy atom. The van der Waals surface area contributed by atoms with Crippen LogP contribution in [0.3, 0.4) is 0 Å². The van der Waals surface area contributed by atoms with Gasteiger partial charge in [0.25, 0.3) is 5.91 Å². The second-order valence-corrected chi connectivity index (χ2v) is 7.92. The van der Waals surface area contributed by atoms with E-state index in [-0.39, 0.29) is 23.1 Å². The number of amides is 2. The van der Waals surface area contributed by atoms with Gasteiger partial charge < -0.3 is 19.1 Å². The quantitative estimate of drug-likeness (QED) is 0.803. The average molecular weight is 361 g/mol. The minimum Gasteiger partial charge on any atom is -0.378 e. The van der Waals surface area contributed by atoms with E-state index in [1.54, 1.807) is 13.8 Å². The van der Waals surface area contributed by atoms with E-state index < -0.39 is 0 Å². The van der Waals surface area contributed by atoms with Gasteiger partial charge in [-0.15, -0.1) is 0 Å². The van der Waals surface area contributed by atoms with Crippen LogP contribution in [0.1, 0.15) is 47.5 Å². The van der Waals surface area contributed by atoms with E-state index in [1.807, 2.05) is 9.80 Å². The van der Waals surface area contributed by atoms with Crippen LogP contribution in [0.25, 0.3) is 0 Å². The van der Waals surface area contributed by atoms with Gasteiger partial charge in [0.2, 0.25) is 5.91 Å². The van der Waals surface area contributed by atoms with E-state index in [1.165, 1.54) is 0 Å². The van der Waals surface area contributed by atoms with Gasteiger partial charge in [-0.3, -0.25) is 9.59 Å². The predicted octanol–water partition coefficient (Wildman–Crippen LogP) is 1.78. The Balaban J connectivity index is 1.50. The van der Waals surface area contributed by atoms with Crippen molar-refractivity contribution in [2.75, 3.05) is 39.4 Å². The second-order valence-electron chi connectivity index (χ2n) is 7.92. The summed E-state index contributed by atoms with van der Waals surface area (Å²) in [6.45, 7) is 7.58. The predicted molar refractivity (Wildman–Crippen MR) is 93.7 cm³/mol. The van der Waals surface area contributed by atoms with E-state index in [2.05, 4.69) is 5.16 Å². The van der Waals surface area contributed by atoms with Crippen LogP contribution in [0.5, 0.6) is 0 Å². The highest BCUT2D eigenvalue weighted by Crippen LogP contribution is 2.50. The number of ether oxygens (including phenoxy) is 1. The highest BCUT2D eigenvalue weighted by molar-refractivity contribution is 5.96. The molecule has 0 unspecified atom stereocenters. The fourth-order valence-electron chi connectivity index (χ4n) is 5.03. The summed E-state index contributed by atoms with van der Waals surface area (Å²) < 4.78 is 10.5. The third-order valence-corrected chi connectivity index (χ3v) is 6.45. The number of nitrogens with zero attached hydrogens (tertiary/aromatic N) is 3. The van der Waals surface area contributed by atoms with Crippen molar-refractivity contribution in [3.63, 3.8) is 0 Å². The molecule has 1 spiro atoms. The Kier molecular flexibility index (Phi) is 4.50. The summed E-state index contributed by atoms with van der Waals surface area (Å²) in [7, 11) is 0. The van der Waals surface area contributed by atoms with E-state index >= 15 is 0 Å². The van der Waals surface area contributed by atoms with Crippen molar-refractivity contribution >= 4 is 11.8 Å². The molecule has 2 atom stereocenters. The van der Waals surface area contributed by atoms with E-state index in [9.17, 15) is 9.59 Å². The van der Waals surface area contributed by atoms with Crippen LogP contribution in [0.4, 0.5) is 0 Å². The monoisotopic (exact) mass is 361 g/mol. The maximum absolute atomic E-state index is 13.1. The third kappa shape index (κ3) is 2.82. The summed E-state index contributed by atoms with van der Waals surface area (Å²) in [6.07, 6.45) is 3.93. The number of rotatable bonds is 2. The molecule has 1 aromatic rings. The Morgan fingerprint density at radius 3 is 2.58 bits per heavy atom. The topological polar surface area (TPSA) is 75.9 Å². The third-order valence-electron chi connectivity index (χ3n) is 6.45. The standard InChI is InChI=1S/C19H27N3O4/c1-13-16(14(2)26-20-13)18(24)22-7-6-19(12-22)5-3-4-15(19)17(23)21-8-10-25-11-9-21/h15H,3-12H2,1-2H3/t15-,19+/m1/s1. The van der Waals surface area contributed by atoms with Crippen molar-refractivity contribution in [2.24, 2.45) is 11.3 Å². The fourth-order valence-corrected chi connectivity index (χ4v) is 5.03. The molecule has 7 nitrogen and oxygen atoms in total. The lowest BCUT2D eigenvalue weighted by Gasteiger charge is -2.36. The molecule has 0 N–H and O–H groups in total. The lowest BCUT2D eigenvalue weighted by molar-refractivity contribution is -0.143. The number of hydrogen-bond donors (Lipinski definition) is 0. The van der Waals surface area contributed by atoms with Crippen molar-refractivity contribution < 1.29 is 18.8 Å². The molecular weight excluding hydrogens is 334 g/mol. The first-order valence-electron chi connectivity index (χ1n) is 9.60. The van der Waals surface area contributed by atoms with Crippen LogP contribution in [-0.2, 0) is 9.53 Å². The van der Waals surface area contributed by atoms with Crippen LogP contribution < -0.4 is 0 Å². The van der Waals surface area contributed by atoms with Gasteiger partial charge in [0, 0.05) is 37.5 Å². The van der Waals surface area contributed by atoms with E-state index in [0.717, 1.165) is 25.7 Å². The van der Waals surface area contributed by atoms with E-state index in [4.69, 9.17) is 9.26 Å². The zero-order valence-electron chi connectivity index (χ0n) is 15.6. The second kappa shape index (κ2) is 6.68. The molecule has 1 aliphatic carbocycles. The van der Waals surface area contributed by atoms with Crippen molar-refractivity contribution in [1.82, 2.24) is 15.0 Å². The molecule has 1 aromatic heterocycles. The first-order valence-corrected chi connectivity index (χ1v) is 9.60. The Bertz CT molecular complexity index is 690. The first kappa shape index (κ1) is 17.5. The number of aryl methyl sites for hydroxylation is 2. The summed E-state index contributed by atoms with van der Waals surface area (Å²) in [5.41, 5.74) is 1.15. The van der Waals surface area contributed by atoms with Crippen LogP contribution in [0.15, 0.2) is 4.52 Å². The minimum atomic E-state index is -0.0655. The van der Waals surface area contributed by atoms with Crippen molar-refractivity contribution in [2.45, 2.75) is 39.5 Å². The number of aromatic nitrogens is 1. The van der Waals surface area contributed by atoms with E-state index in [0.29, 0.717) is 56.4 Å². The molecule has 0 radical (unpaired) electrons.